The van der Waals surface area contributed by atoms with E-state index in [1.807, 2.05) is 19.0 Å². The third-order valence-corrected chi connectivity index (χ3v) is 5.36. The highest BCUT2D eigenvalue weighted by Crippen LogP contribution is 2.33. The van der Waals surface area contributed by atoms with Gasteiger partial charge in [0.15, 0.2) is 0 Å². The van der Waals surface area contributed by atoms with Crippen molar-refractivity contribution in [3.8, 4) is 0 Å². The van der Waals surface area contributed by atoms with Gasteiger partial charge in [0.25, 0.3) is 0 Å². The summed E-state index contributed by atoms with van der Waals surface area (Å²) in [5.41, 5.74) is 6.50. The molecule has 1 aliphatic heterocycles. The first-order valence-corrected chi connectivity index (χ1v) is 9.42. The van der Waals surface area contributed by atoms with E-state index in [1.54, 1.807) is 0 Å². The minimum absolute atomic E-state index is 0.441. The number of aryl methyl sites for hydroxylation is 1. The molecule has 0 radical (unpaired) electrons. The molecule has 1 N–H and O–H groups in total. The zero-order valence-electron chi connectivity index (χ0n) is 15.8. The number of nitrogens with one attached hydrogen (secondary N) is 1. The average molecular weight is 340 g/mol. The van der Waals surface area contributed by atoms with E-state index >= 15 is 0 Å². The number of fused-ring (bicyclic) bond motifs is 2. The molecule has 0 unspecified atom stereocenters. The highest BCUT2D eigenvalue weighted by Gasteiger charge is 2.28. The van der Waals surface area contributed by atoms with Gasteiger partial charge in [-0.25, -0.2) is 4.98 Å². The van der Waals surface area contributed by atoms with E-state index in [9.17, 15) is 0 Å². The van der Waals surface area contributed by atoms with Crippen LogP contribution in [0.3, 0.4) is 0 Å². The van der Waals surface area contributed by atoms with Gasteiger partial charge in [-0.15, -0.1) is 0 Å². The first-order valence-electron chi connectivity index (χ1n) is 9.42. The molecule has 25 heavy (non-hydrogen) atoms. The molecule has 2 aliphatic rings. The number of aromatic amines is 1. The second kappa shape index (κ2) is 6.32. The van der Waals surface area contributed by atoms with Crippen LogP contribution in [-0.2, 0) is 25.8 Å². The number of rotatable bonds is 3. The molecule has 6 nitrogen and oxygen atoms in total. The summed E-state index contributed by atoms with van der Waals surface area (Å²) in [6.07, 6.45) is 5.66. The molecule has 0 amide bonds. The largest absolute Gasteiger partial charge is 0.351 e. The van der Waals surface area contributed by atoms with Crippen LogP contribution >= 0.6 is 0 Å². The third-order valence-electron chi connectivity index (χ3n) is 5.36. The number of hydrogen-bond donors (Lipinski definition) is 1. The Morgan fingerprint density at radius 1 is 1.04 bits per heavy atom. The van der Waals surface area contributed by atoms with Crippen LogP contribution in [0, 0.1) is 0 Å². The van der Waals surface area contributed by atoms with Crippen LogP contribution < -0.4 is 9.80 Å². The monoisotopic (exact) mass is 340 g/mol. The molecule has 3 heterocycles. The van der Waals surface area contributed by atoms with Gasteiger partial charge in [-0.1, -0.05) is 13.8 Å². The van der Waals surface area contributed by atoms with Gasteiger partial charge in [0, 0.05) is 50.4 Å². The number of hydrogen-bond acceptors (Lipinski definition) is 5. The summed E-state index contributed by atoms with van der Waals surface area (Å²) < 4.78 is 0. The predicted molar refractivity (Wildman–Crippen MR) is 100 cm³/mol. The Hall–Kier alpha value is -2.11. The average Bonchev–Trinajstić information content (AvgIpc) is 3.04. The van der Waals surface area contributed by atoms with Crippen molar-refractivity contribution in [2.75, 3.05) is 30.4 Å². The minimum Gasteiger partial charge on any atom is -0.351 e. The summed E-state index contributed by atoms with van der Waals surface area (Å²) >= 11 is 0. The first kappa shape index (κ1) is 16.4. The van der Waals surface area contributed by atoms with E-state index in [1.165, 1.54) is 41.1 Å². The van der Waals surface area contributed by atoms with Crippen molar-refractivity contribution in [2.24, 2.45) is 0 Å². The Morgan fingerprint density at radius 2 is 1.84 bits per heavy atom. The first-order chi connectivity index (χ1) is 12.0. The SMILES string of the molecule is CC(C)c1n[nH]c2c1CN(c1nc(N(C)C)nc3c1CCCC3)CC2. The van der Waals surface area contributed by atoms with Gasteiger partial charge in [0.05, 0.1) is 11.4 Å². The van der Waals surface area contributed by atoms with Gasteiger partial charge in [-0.2, -0.15) is 10.1 Å². The van der Waals surface area contributed by atoms with Crippen molar-refractivity contribution >= 4 is 11.8 Å². The van der Waals surface area contributed by atoms with Crippen LogP contribution in [0.15, 0.2) is 0 Å². The van der Waals surface area contributed by atoms with Crippen LogP contribution in [0.4, 0.5) is 11.8 Å². The molecule has 0 atom stereocenters. The van der Waals surface area contributed by atoms with Gasteiger partial charge in [-0.3, -0.25) is 5.10 Å². The van der Waals surface area contributed by atoms with Gasteiger partial charge >= 0.3 is 0 Å². The van der Waals surface area contributed by atoms with Crippen molar-refractivity contribution in [2.45, 2.75) is 58.4 Å². The maximum Gasteiger partial charge on any atom is 0.227 e. The van der Waals surface area contributed by atoms with Gasteiger partial charge in [0.2, 0.25) is 5.95 Å². The van der Waals surface area contributed by atoms with Crippen LogP contribution in [-0.4, -0.2) is 40.8 Å². The van der Waals surface area contributed by atoms with E-state index in [4.69, 9.17) is 9.97 Å². The maximum atomic E-state index is 4.95. The molecule has 0 aromatic carbocycles. The van der Waals surface area contributed by atoms with Gasteiger partial charge in [-0.05, 0) is 31.6 Å². The van der Waals surface area contributed by atoms with Crippen molar-refractivity contribution in [1.82, 2.24) is 20.2 Å². The number of anilines is 2. The Kier molecular flexibility index (Phi) is 4.13. The van der Waals surface area contributed by atoms with Gasteiger partial charge < -0.3 is 9.80 Å². The molecule has 0 saturated heterocycles. The highest BCUT2D eigenvalue weighted by molar-refractivity contribution is 5.55. The molecule has 2 aromatic rings. The van der Waals surface area contributed by atoms with Crippen LogP contribution in [0.1, 0.15) is 60.8 Å². The maximum absolute atomic E-state index is 4.95. The lowest BCUT2D eigenvalue weighted by Gasteiger charge is -2.32. The molecular formula is C19H28N6. The summed E-state index contributed by atoms with van der Waals surface area (Å²) in [5, 5.41) is 7.82. The molecule has 6 heteroatoms. The minimum atomic E-state index is 0.441. The Labute approximate surface area is 149 Å². The van der Waals surface area contributed by atoms with E-state index in [0.717, 1.165) is 44.1 Å². The Balaban J connectivity index is 1.74. The molecule has 2 aromatic heterocycles. The van der Waals surface area contributed by atoms with E-state index in [0.29, 0.717) is 5.92 Å². The fourth-order valence-electron chi connectivity index (χ4n) is 4.00. The number of aromatic nitrogens is 4. The summed E-state index contributed by atoms with van der Waals surface area (Å²) in [6.45, 7) is 6.32. The molecule has 0 spiro atoms. The van der Waals surface area contributed by atoms with Crippen molar-refractivity contribution < 1.29 is 0 Å². The van der Waals surface area contributed by atoms with E-state index < -0.39 is 0 Å². The summed E-state index contributed by atoms with van der Waals surface area (Å²) in [6, 6.07) is 0. The summed E-state index contributed by atoms with van der Waals surface area (Å²) in [7, 11) is 4.05. The molecule has 0 fully saturated rings. The molecule has 4 rings (SSSR count). The number of H-pyrrole nitrogens is 1. The second-order valence-electron chi connectivity index (χ2n) is 7.77. The van der Waals surface area contributed by atoms with Crippen LogP contribution in [0.2, 0.25) is 0 Å². The van der Waals surface area contributed by atoms with E-state index in [2.05, 4.69) is 28.9 Å². The van der Waals surface area contributed by atoms with Crippen molar-refractivity contribution in [3.05, 3.63) is 28.2 Å². The molecule has 0 bridgehead atoms. The number of nitrogens with zero attached hydrogens (tertiary/aromatic N) is 5. The van der Waals surface area contributed by atoms with Crippen molar-refractivity contribution in [1.29, 1.82) is 0 Å². The lowest BCUT2D eigenvalue weighted by Crippen LogP contribution is -2.33. The lowest BCUT2D eigenvalue weighted by atomic mass is 9.94. The predicted octanol–water partition coefficient (Wildman–Crippen LogP) is 2.83. The van der Waals surface area contributed by atoms with E-state index in [-0.39, 0.29) is 0 Å². The molecular weight excluding hydrogens is 312 g/mol. The second-order valence-corrected chi connectivity index (χ2v) is 7.77. The Bertz CT molecular complexity index is 776. The molecule has 0 saturated carbocycles. The van der Waals surface area contributed by atoms with Crippen molar-refractivity contribution in [3.63, 3.8) is 0 Å². The zero-order valence-corrected chi connectivity index (χ0v) is 15.8. The Morgan fingerprint density at radius 3 is 2.60 bits per heavy atom. The smallest absolute Gasteiger partial charge is 0.227 e. The summed E-state index contributed by atoms with van der Waals surface area (Å²) in [4.78, 5) is 14.2. The quantitative estimate of drug-likeness (QED) is 0.931. The fourth-order valence-corrected chi connectivity index (χ4v) is 4.00. The van der Waals surface area contributed by atoms with Gasteiger partial charge in [0.1, 0.15) is 5.82 Å². The topological polar surface area (TPSA) is 60.9 Å². The highest BCUT2D eigenvalue weighted by atomic mass is 15.3. The summed E-state index contributed by atoms with van der Waals surface area (Å²) in [5.74, 6) is 2.42. The normalized spacial score (nSPS) is 16.8. The zero-order chi connectivity index (χ0) is 17.6. The van der Waals surface area contributed by atoms with Crippen LogP contribution in [0.5, 0.6) is 0 Å². The molecule has 1 aliphatic carbocycles. The van der Waals surface area contributed by atoms with Crippen LogP contribution in [0.25, 0.3) is 0 Å². The molecule has 134 valence electrons. The fraction of sp³-hybridized carbons (Fsp3) is 0.632. The standard InChI is InChI=1S/C19H28N6/c1-12(2)17-14-11-25(10-9-16(14)22-23-17)18-13-7-5-6-8-15(13)20-19(21-18)24(3)4/h12H,5-11H2,1-4H3,(H,22,23). The third kappa shape index (κ3) is 2.87. The lowest BCUT2D eigenvalue weighted by molar-refractivity contribution is 0.641.